The number of carbonyl (C=O) groups is 1. The van der Waals surface area contributed by atoms with Gasteiger partial charge in [-0.2, -0.15) is 0 Å². The number of aryl methyl sites for hydroxylation is 1. The highest BCUT2D eigenvalue weighted by atomic mass is 16.5. The summed E-state index contributed by atoms with van der Waals surface area (Å²) < 4.78 is 22.4. The number of methoxy groups -OCH3 is 3. The molecule has 1 heterocycles. The van der Waals surface area contributed by atoms with E-state index in [1.165, 1.54) is 0 Å². The van der Waals surface area contributed by atoms with Crippen molar-refractivity contribution in [1.29, 1.82) is 0 Å². The molecule has 0 N–H and O–H groups in total. The maximum Gasteiger partial charge on any atom is 0.289 e. The van der Waals surface area contributed by atoms with Crippen molar-refractivity contribution in [2.75, 3.05) is 28.4 Å². The Morgan fingerprint density at radius 1 is 0.903 bits per heavy atom. The second-order valence-corrected chi connectivity index (χ2v) is 7.37. The Kier molecular flexibility index (Phi) is 5.46. The Labute approximate surface area is 180 Å². The summed E-state index contributed by atoms with van der Waals surface area (Å²) in [6, 6.07) is 15.7. The monoisotopic (exact) mass is 419 g/mol. The summed E-state index contributed by atoms with van der Waals surface area (Å²) in [6.45, 7) is 2.23. The van der Waals surface area contributed by atoms with E-state index in [-0.39, 0.29) is 5.91 Å². The fraction of sp³-hybridized carbons (Fsp3) is 0.240. The topological polar surface area (TPSA) is 61.1 Å². The molecule has 0 aliphatic heterocycles. The van der Waals surface area contributed by atoms with Gasteiger partial charge in [0.25, 0.3) is 5.91 Å². The van der Waals surface area contributed by atoms with Crippen molar-refractivity contribution in [1.82, 2.24) is 4.90 Å². The van der Waals surface area contributed by atoms with Crippen LogP contribution in [0.2, 0.25) is 0 Å². The smallest absolute Gasteiger partial charge is 0.289 e. The van der Waals surface area contributed by atoms with E-state index in [4.69, 9.17) is 18.6 Å². The van der Waals surface area contributed by atoms with Crippen LogP contribution in [0.4, 0.5) is 0 Å². The normalized spacial score (nSPS) is 11.0. The number of hydrogen-bond donors (Lipinski definition) is 0. The summed E-state index contributed by atoms with van der Waals surface area (Å²) in [6.07, 6.45) is 0. The van der Waals surface area contributed by atoms with Crippen LogP contribution in [0.15, 0.2) is 52.9 Å². The van der Waals surface area contributed by atoms with Crippen LogP contribution in [0.5, 0.6) is 17.2 Å². The third-order valence-electron chi connectivity index (χ3n) is 5.56. The molecule has 0 unspecified atom stereocenters. The van der Waals surface area contributed by atoms with Gasteiger partial charge in [-0.05, 0) is 24.4 Å². The van der Waals surface area contributed by atoms with Crippen molar-refractivity contribution in [3.8, 4) is 17.2 Å². The molecule has 0 radical (unpaired) electrons. The van der Waals surface area contributed by atoms with E-state index >= 15 is 0 Å². The number of furan rings is 1. The van der Waals surface area contributed by atoms with E-state index in [0.717, 1.165) is 32.9 Å². The third kappa shape index (κ3) is 3.44. The van der Waals surface area contributed by atoms with Gasteiger partial charge < -0.3 is 23.5 Å². The number of carbonyl (C=O) groups excluding carboxylic acids is 1. The van der Waals surface area contributed by atoms with Gasteiger partial charge in [0.05, 0.1) is 21.3 Å². The van der Waals surface area contributed by atoms with Crippen molar-refractivity contribution in [3.63, 3.8) is 0 Å². The van der Waals surface area contributed by atoms with Crippen molar-refractivity contribution >= 4 is 27.6 Å². The lowest BCUT2D eigenvalue weighted by atomic mass is 10.1. The standard InChI is InChI=1S/C25H25NO5/c1-15-18-12-10-16-8-6-7-9-19(16)23(18)31-21(15)25(27)26(2)14-17-11-13-20(28-3)24(30-5)22(17)29-4/h6-13H,14H2,1-5H3. The molecule has 4 rings (SSSR count). The summed E-state index contributed by atoms with van der Waals surface area (Å²) in [5, 5.41) is 3.01. The van der Waals surface area contributed by atoms with E-state index in [9.17, 15) is 4.79 Å². The lowest BCUT2D eigenvalue weighted by Gasteiger charge is -2.20. The van der Waals surface area contributed by atoms with Gasteiger partial charge >= 0.3 is 0 Å². The first-order valence-electron chi connectivity index (χ1n) is 9.94. The van der Waals surface area contributed by atoms with Crippen molar-refractivity contribution < 1.29 is 23.4 Å². The van der Waals surface area contributed by atoms with Gasteiger partial charge in [-0.15, -0.1) is 0 Å². The minimum Gasteiger partial charge on any atom is -0.493 e. The van der Waals surface area contributed by atoms with Crippen LogP contribution in [0.1, 0.15) is 21.7 Å². The average Bonchev–Trinajstić information content (AvgIpc) is 3.14. The lowest BCUT2D eigenvalue weighted by Crippen LogP contribution is -2.26. The Morgan fingerprint density at radius 3 is 2.35 bits per heavy atom. The predicted molar refractivity (Wildman–Crippen MR) is 120 cm³/mol. The molecule has 0 spiro atoms. The van der Waals surface area contributed by atoms with Gasteiger partial charge in [0.15, 0.2) is 17.3 Å². The second-order valence-electron chi connectivity index (χ2n) is 7.37. The molecule has 0 saturated heterocycles. The third-order valence-corrected chi connectivity index (χ3v) is 5.56. The fourth-order valence-electron chi connectivity index (χ4n) is 3.94. The van der Waals surface area contributed by atoms with Crippen LogP contribution in [-0.2, 0) is 6.54 Å². The van der Waals surface area contributed by atoms with E-state index in [1.54, 1.807) is 39.3 Å². The Balaban J connectivity index is 1.70. The zero-order valence-electron chi connectivity index (χ0n) is 18.3. The van der Waals surface area contributed by atoms with Crippen LogP contribution in [0.3, 0.4) is 0 Å². The quantitative estimate of drug-likeness (QED) is 0.430. The van der Waals surface area contributed by atoms with Gasteiger partial charge in [-0.3, -0.25) is 4.79 Å². The van der Waals surface area contributed by atoms with Crippen molar-refractivity contribution in [3.05, 3.63) is 65.4 Å². The van der Waals surface area contributed by atoms with E-state index in [0.29, 0.717) is 29.6 Å². The number of hydrogen-bond acceptors (Lipinski definition) is 5. The van der Waals surface area contributed by atoms with E-state index in [1.807, 2.05) is 49.4 Å². The average molecular weight is 419 g/mol. The molecule has 0 aliphatic carbocycles. The number of rotatable bonds is 6. The first-order valence-corrected chi connectivity index (χ1v) is 9.94. The van der Waals surface area contributed by atoms with Crippen LogP contribution >= 0.6 is 0 Å². The summed E-state index contributed by atoms with van der Waals surface area (Å²) in [5.74, 6) is 1.74. The molecule has 4 aromatic rings. The Hall–Kier alpha value is -3.67. The lowest BCUT2D eigenvalue weighted by molar-refractivity contribution is 0.0754. The number of fused-ring (bicyclic) bond motifs is 3. The molecule has 6 nitrogen and oxygen atoms in total. The largest absolute Gasteiger partial charge is 0.493 e. The highest BCUT2D eigenvalue weighted by molar-refractivity contribution is 6.08. The molecule has 0 saturated carbocycles. The number of amides is 1. The first-order chi connectivity index (χ1) is 15.0. The summed E-state index contributed by atoms with van der Waals surface area (Å²) in [7, 11) is 6.43. The molecule has 0 aliphatic rings. The highest BCUT2D eigenvalue weighted by Crippen LogP contribution is 2.40. The molecule has 0 bridgehead atoms. The molecule has 160 valence electrons. The minimum absolute atomic E-state index is 0.199. The zero-order chi connectivity index (χ0) is 22.1. The van der Waals surface area contributed by atoms with Crippen LogP contribution in [0, 0.1) is 6.92 Å². The summed E-state index contributed by atoms with van der Waals surface area (Å²) in [4.78, 5) is 14.9. The number of ether oxygens (including phenoxy) is 3. The van der Waals surface area contributed by atoms with Gasteiger partial charge in [-0.25, -0.2) is 0 Å². The van der Waals surface area contributed by atoms with Crippen molar-refractivity contribution in [2.24, 2.45) is 0 Å². The number of nitrogens with zero attached hydrogens (tertiary/aromatic N) is 1. The number of benzene rings is 3. The van der Waals surface area contributed by atoms with Gasteiger partial charge in [0.2, 0.25) is 5.75 Å². The Bertz CT molecular complexity index is 1270. The predicted octanol–water partition coefficient (Wildman–Crippen LogP) is 5.19. The molecule has 1 aromatic heterocycles. The summed E-state index contributed by atoms with van der Waals surface area (Å²) >= 11 is 0. The first kappa shape index (κ1) is 20.6. The summed E-state index contributed by atoms with van der Waals surface area (Å²) in [5.41, 5.74) is 2.36. The molecule has 1 amide bonds. The molecule has 31 heavy (non-hydrogen) atoms. The SMILES string of the molecule is COc1ccc(CN(C)C(=O)c2oc3c(ccc4ccccc43)c2C)c(OC)c1OC. The van der Waals surface area contributed by atoms with Crippen molar-refractivity contribution in [2.45, 2.75) is 13.5 Å². The van der Waals surface area contributed by atoms with E-state index in [2.05, 4.69) is 0 Å². The molecular weight excluding hydrogens is 394 g/mol. The molecule has 0 atom stereocenters. The van der Waals surface area contributed by atoms with Crippen LogP contribution < -0.4 is 14.2 Å². The molecular formula is C25H25NO5. The van der Waals surface area contributed by atoms with Gasteiger partial charge in [-0.1, -0.05) is 36.4 Å². The molecule has 6 heteroatoms. The van der Waals surface area contributed by atoms with Crippen LogP contribution in [0.25, 0.3) is 21.7 Å². The fourth-order valence-corrected chi connectivity index (χ4v) is 3.94. The molecule has 0 fully saturated rings. The van der Waals surface area contributed by atoms with Gasteiger partial charge in [0, 0.05) is 35.5 Å². The maximum atomic E-state index is 13.3. The van der Waals surface area contributed by atoms with Crippen LogP contribution in [-0.4, -0.2) is 39.2 Å². The highest BCUT2D eigenvalue weighted by Gasteiger charge is 2.24. The minimum atomic E-state index is -0.199. The molecule has 3 aromatic carbocycles. The Morgan fingerprint density at radius 2 is 1.65 bits per heavy atom. The zero-order valence-corrected chi connectivity index (χ0v) is 18.3. The van der Waals surface area contributed by atoms with Gasteiger partial charge in [0.1, 0.15) is 5.58 Å². The van der Waals surface area contributed by atoms with E-state index < -0.39 is 0 Å². The maximum absolute atomic E-state index is 13.3. The second kappa shape index (κ2) is 8.22.